The quantitative estimate of drug-likeness (QED) is 0.723. The lowest BCUT2D eigenvalue weighted by Gasteiger charge is -2.42. The molecule has 0 amide bonds. The van der Waals surface area contributed by atoms with Crippen LogP contribution in [0, 0.1) is 5.92 Å². The van der Waals surface area contributed by atoms with Gasteiger partial charge in [-0.15, -0.1) is 0 Å². The number of benzene rings is 1. The van der Waals surface area contributed by atoms with Crippen molar-refractivity contribution in [3.05, 3.63) is 17.7 Å². The minimum atomic E-state index is 0.229. The van der Waals surface area contributed by atoms with Crippen LogP contribution in [0.4, 0.5) is 0 Å². The van der Waals surface area contributed by atoms with E-state index >= 15 is 0 Å². The van der Waals surface area contributed by atoms with Gasteiger partial charge in [0.15, 0.2) is 11.5 Å². The van der Waals surface area contributed by atoms with Crippen molar-refractivity contribution in [1.82, 2.24) is 9.80 Å². The summed E-state index contributed by atoms with van der Waals surface area (Å²) in [5.41, 5.74) is 1.09. The van der Waals surface area contributed by atoms with E-state index < -0.39 is 0 Å². The first-order chi connectivity index (χ1) is 12.5. The second-order valence-electron chi connectivity index (χ2n) is 7.28. The lowest BCUT2D eigenvalue weighted by molar-refractivity contribution is 0.0473. The Morgan fingerprint density at radius 3 is 2.38 bits per heavy atom. The largest absolute Gasteiger partial charge is 0.493 e. The van der Waals surface area contributed by atoms with Crippen molar-refractivity contribution in [3.8, 4) is 17.2 Å². The summed E-state index contributed by atoms with van der Waals surface area (Å²) >= 11 is 0. The molecule has 0 saturated carbocycles. The van der Waals surface area contributed by atoms with Crippen LogP contribution in [0.25, 0.3) is 0 Å². The molecule has 1 aliphatic rings. The third-order valence-corrected chi connectivity index (χ3v) is 4.93. The Hall–Kier alpha value is -1.50. The number of ether oxygens (including phenoxy) is 3. The molecule has 6 nitrogen and oxygen atoms in total. The maximum absolute atomic E-state index is 9.46. The van der Waals surface area contributed by atoms with Crippen LogP contribution in [0.1, 0.15) is 25.8 Å². The molecule has 0 radical (unpaired) electrons. The summed E-state index contributed by atoms with van der Waals surface area (Å²) in [5, 5.41) is 9.46. The predicted molar refractivity (Wildman–Crippen MR) is 103 cm³/mol. The van der Waals surface area contributed by atoms with Crippen LogP contribution in [0.3, 0.4) is 0 Å². The first-order valence-electron chi connectivity index (χ1n) is 9.39. The molecule has 1 saturated heterocycles. The summed E-state index contributed by atoms with van der Waals surface area (Å²) in [6, 6.07) is 4.36. The second-order valence-corrected chi connectivity index (χ2v) is 7.28. The topological polar surface area (TPSA) is 54.4 Å². The van der Waals surface area contributed by atoms with Gasteiger partial charge in [-0.05, 0) is 18.4 Å². The van der Waals surface area contributed by atoms with Gasteiger partial charge in [-0.25, -0.2) is 0 Å². The van der Waals surface area contributed by atoms with Crippen LogP contribution in [-0.2, 0) is 6.54 Å². The SMILES string of the molecule is COc1ccc(CN2CCN(CC(C)C)C(CCO)C2)c(OC)c1OC. The summed E-state index contributed by atoms with van der Waals surface area (Å²) in [6.45, 7) is 9.58. The Morgan fingerprint density at radius 1 is 1.08 bits per heavy atom. The van der Waals surface area contributed by atoms with Crippen LogP contribution in [0.2, 0.25) is 0 Å². The maximum Gasteiger partial charge on any atom is 0.203 e. The molecule has 148 valence electrons. The number of nitrogens with zero attached hydrogens (tertiary/aromatic N) is 2. The first kappa shape index (κ1) is 20.8. The van der Waals surface area contributed by atoms with Crippen molar-refractivity contribution in [2.24, 2.45) is 5.92 Å². The Morgan fingerprint density at radius 2 is 1.81 bits per heavy atom. The van der Waals surface area contributed by atoms with Crippen molar-refractivity contribution in [2.75, 3.05) is 54.1 Å². The zero-order valence-electron chi connectivity index (χ0n) is 16.8. The van der Waals surface area contributed by atoms with Gasteiger partial charge in [-0.3, -0.25) is 9.80 Å². The Balaban J connectivity index is 2.13. The summed E-state index contributed by atoms with van der Waals surface area (Å²) in [6.07, 6.45) is 0.812. The molecule has 2 rings (SSSR count). The van der Waals surface area contributed by atoms with Crippen LogP contribution < -0.4 is 14.2 Å². The maximum atomic E-state index is 9.46. The summed E-state index contributed by atoms with van der Waals surface area (Å²) in [4.78, 5) is 4.95. The average Bonchev–Trinajstić information content (AvgIpc) is 2.63. The number of aliphatic hydroxyl groups is 1. The highest BCUT2D eigenvalue weighted by Crippen LogP contribution is 2.40. The molecule has 1 aliphatic heterocycles. The lowest BCUT2D eigenvalue weighted by Crippen LogP contribution is -2.53. The molecule has 1 heterocycles. The third-order valence-electron chi connectivity index (χ3n) is 4.93. The Kier molecular flexibility index (Phi) is 8.00. The zero-order valence-corrected chi connectivity index (χ0v) is 16.8. The van der Waals surface area contributed by atoms with E-state index in [9.17, 15) is 5.11 Å². The van der Waals surface area contributed by atoms with E-state index in [1.54, 1.807) is 21.3 Å². The molecule has 0 aromatic heterocycles. The first-order valence-corrected chi connectivity index (χ1v) is 9.39. The molecule has 1 fully saturated rings. The van der Waals surface area contributed by atoms with Crippen molar-refractivity contribution < 1.29 is 19.3 Å². The minimum absolute atomic E-state index is 0.229. The molecule has 1 aromatic carbocycles. The van der Waals surface area contributed by atoms with E-state index in [4.69, 9.17) is 14.2 Å². The van der Waals surface area contributed by atoms with Gasteiger partial charge in [-0.1, -0.05) is 19.9 Å². The molecule has 0 bridgehead atoms. The van der Waals surface area contributed by atoms with Gasteiger partial charge in [0.1, 0.15) is 0 Å². The molecule has 6 heteroatoms. The van der Waals surface area contributed by atoms with Crippen LogP contribution in [0.15, 0.2) is 12.1 Å². The molecular weight excluding hydrogens is 332 g/mol. The van der Waals surface area contributed by atoms with Crippen LogP contribution in [0.5, 0.6) is 17.2 Å². The highest BCUT2D eigenvalue weighted by atomic mass is 16.5. The highest BCUT2D eigenvalue weighted by Gasteiger charge is 2.28. The summed E-state index contributed by atoms with van der Waals surface area (Å²) in [7, 11) is 4.92. The number of hydrogen-bond donors (Lipinski definition) is 1. The number of rotatable bonds is 9. The van der Waals surface area contributed by atoms with E-state index in [0.29, 0.717) is 23.5 Å². The average molecular weight is 367 g/mol. The van der Waals surface area contributed by atoms with E-state index in [1.165, 1.54) is 0 Å². The monoisotopic (exact) mass is 366 g/mol. The lowest BCUT2D eigenvalue weighted by atomic mass is 10.0. The molecular formula is C20H34N2O4. The molecule has 26 heavy (non-hydrogen) atoms. The van der Waals surface area contributed by atoms with Crippen molar-refractivity contribution in [2.45, 2.75) is 32.9 Å². The van der Waals surface area contributed by atoms with Crippen LogP contribution in [-0.4, -0.2) is 75.1 Å². The third kappa shape index (κ3) is 5.02. The normalized spacial score (nSPS) is 19.0. The Labute approximate surface area is 157 Å². The zero-order chi connectivity index (χ0) is 19.1. The fourth-order valence-electron chi connectivity index (χ4n) is 3.76. The van der Waals surface area contributed by atoms with Crippen molar-refractivity contribution in [1.29, 1.82) is 0 Å². The molecule has 1 unspecified atom stereocenters. The molecule has 1 N–H and O–H groups in total. The van der Waals surface area contributed by atoms with Gasteiger partial charge < -0.3 is 19.3 Å². The number of methoxy groups -OCH3 is 3. The molecule has 0 spiro atoms. The van der Waals surface area contributed by atoms with E-state index in [2.05, 4.69) is 23.6 Å². The predicted octanol–water partition coefficient (Wildman–Crippen LogP) is 2.24. The van der Waals surface area contributed by atoms with Gasteiger partial charge in [0, 0.05) is 50.9 Å². The van der Waals surface area contributed by atoms with E-state index in [1.807, 2.05) is 12.1 Å². The number of aliphatic hydroxyl groups excluding tert-OH is 1. The molecule has 1 atom stereocenters. The van der Waals surface area contributed by atoms with Gasteiger partial charge in [-0.2, -0.15) is 0 Å². The number of hydrogen-bond acceptors (Lipinski definition) is 6. The standard InChI is InChI=1S/C20H34N2O4/c1-15(2)12-22-10-9-21(14-17(22)8-11-23)13-16-6-7-18(24-3)20(26-5)19(16)25-4/h6-7,15,17,23H,8-14H2,1-5H3. The van der Waals surface area contributed by atoms with Crippen LogP contribution >= 0.6 is 0 Å². The summed E-state index contributed by atoms with van der Waals surface area (Å²) in [5.74, 6) is 2.68. The molecule has 0 aliphatic carbocycles. The van der Waals surface area contributed by atoms with Crippen molar-refractivity contribution >= 4 is 0 Å². The Bertz CT molecular complexity index is 565. The fourth-order valence-corrected chi connectivity index (χ4v) is 3.76. The van der Waals surface area contributed by atoms with Gasteiger partial charge in [0.2, 0.25) is 5.75 Å². The fraction of sp³-hybridized carbons (Fsp3) is 0.700. The van der Waals surface area contributed by atoms with Gasteiger partial charge in [0.05, 0.1) is 21.3 Å². The second kappa shape index (κ2) is 10.00. The van der Waals surface area contributed by atoms with E-state index in [0.717, 1.165) is 50.5 Å². The highest BCUT2D eigenvalue weighted by molar-refractivity contribution is 5.55. The van der Waals surface area contributed by atoms with E-state index in [-0.39, 0.29) is 6.61 Å². The smallest absolute Gasteiger partial charge is 0.203 e. The van der Waals surface area contributed by atoms with Crippen molar-refractivity contribution in [3.63, 3.8) is 0 Å². The minimum Gasteiger partial charge on any atom is -0.493 e. The van der Waals surface area contributed by atoms with Gasteiger partial charge >= 0.3 is 0 Å². The number of piperazine rings is 1. The summed E-state index contributed by atoms with van der Waals surface area (Å²) < 4.78 is 16.5. The van der Waals surface area contributed by atoms with Gasteiger partial charge in [0.25, 0.3) is 0 Å². The molecule has 1 aromatic rings.